The summed E-state index contributed by atoms with van der Waals surface area (Å²) in [6.07, 6.45) is 87.5. The van der Waals surface area contributed by atoms with Crippen LogP contribution in [-0.2, 0) is 28.6 Å². The van der Waals surface area contributed by atoms with E-state index in [4.69, 9.17) is 14.2 Å². The number of carbonyl (C=O) groups excluding carboxylic acids is 3. The van der Waals surface area contributed by atoms with E-state index in [1.807, 2.05) is 6.08 Å². The van der Waals surface area contributed by atoms with Crippen LogP contribution in [0.25, 0.3) is 0 Å². The van der Waals surface area contributed by atoms with Gasteiger partial charge in [0, 0.05) is 19.3 Å². The van der Waals surface area contributed by atoms with Gasteiger partial charge in [-0.25, -0.2) is 0 Å². The number of carbonyl (C=O) groups is 3. The number of hydrogen-bond acceptors (Lipinski definition) is 6. The Morgan fingerprint density at radius 1 is 0.280 bits per heavy atom. The van der Waals surface area contributed by atoms with Crippen molar-refractivity contribution < 1.29 is 28.6 Å². The summed E-state index contributed by atoms with van der Waals surface area (Å²) in [5.74, 6) is -1.01. The first kappa shape index (κ1) is 70.5. The van der Waals surface area contributed by atoms with Gasteiger partial charge in [0.2, 0.25) is 0 Å². The molecule has 0 aromatic carbocycles. The quantitative estimate of drug-likeness (QED) is 0.0261. The first-order chi connectivity index (χ1) is 37.0. The Bertz CT molecular complexity index is 1620. The zero-order chi connectivity index (χ0) is 54.3. The zero-order valence-electron chi connectivity index (χ0n) is 48.5. The summed E-state index contributed by atoms with van der Waals surface area (Å²) in [4.78, 5) is 38.2. The van der Waals surface area contributed by atoms with Gasteiger partial charge in [0.15, 0.2) is 6.10 Å². The molecule has 0 aromatic rings. The van der Waals surface area contributed by atoms with Crippen LogP contribution in [0.5, 0.6) is 0 Å². The molecule has 0 bridgehead atoms. The predicted octanol–water partition coefficient (Wildman–Crippen LogP) is 21.0. The van der Waals surface area contributed by atoms with Gasteiger partial charge in [-0.3, -0.25) is 14.4 Å². The monoisotopic (exact) mass is 1040 g/mol. The molecule has 0 aliphatic carbocycles. The minimum Gasteiger partial charge on any atom is -0.462 e. The van der Waals surface area contributed by atoms with Crippen molar-refractivity contribution in [3.8, 4) is 0 Å². The molecule has 0 aromatic heterocycles. The molecule has 0 spiro atoms. The number of unbranched alkanes of at least 4 members (excludes halogenated alkanes) is 21. The van der Waals surface area contributed by atoms with Crippen LogP contribution in [0.4, 0.5) is 0 Å². The molecular weight excluding hydrogens is 925 g/mol. The maximum absolute atomic E-state index is 12.9. The molecule has 0 rings (SSSR count). The van der Waals surface area contributed by atoms with Crippen LogP contribution in [0.2, 0.25) is 0 Å². The highest BCUT2D eigenvalue weighted by Gasteiger charge is 2.19. The highest BCUT2D eigenvalue weighted by Crippen LogP contribution is 2.15. The van der Waals surface area contributed by atoms with E-state index in [2.05, 4.69) is 148 Å². The molecule has 0 N–H and O–H groups in total. The highest BCUT2D eigenvalue weighted by molar-refractivity contribution is 5.71. The van der Waals surface area contributed by atoms with Crippen molar-refractivity contribution in [2.45, 2.75) is 271 Å². The lowest BCUT2D eigenvalue weighted by molar-refractivity contribution is -0.166. The Morgan fingerprint density at radius 3 is 0.893 bits per heavy atom. The summed E-state index contributed by atoms with van der Waals surface area (Å²) in [5, 5.41) is 0. The van der Waals surface area contributed by atoms with Crippen LogP contribution < -0.4 is 0 Å². The van der Waals surface area contributed by atoms with Crippen LogP contribution in [0, 0.1) is 0 Å². The van der Waals surface area contributed by atoms with Crippen molar-refractivity contribution in [1.29, 1.82) is 0 Å². The van der Waals surface area contributed by atoms with E-state index in [9.17, 15) is 14.4 Å². The fourth-order valence-electron chi connectivity index (χ4n) is 8.10. The van der Waals surface area contributed by atoms with Gasteiger partial charge in [0.1, 0.15) is 13.2 Å². The van der Waals surface area contributed by atoms with Crippen molar-refractivity contribution in [3.05, 3.63) is 134 Å². The van der Waals surface area contributed by atoms with Crippen molar-refractivity contribution in [1.82, 2.24) is 0 Å². The maximum atomic E-state index is 12.9. The molecule has 0 radical (unpaired) electrons. The van der Waals surface area contributed by atoms with E-state index in [-0.39, 0.29) is 37.5 Å². The van der Waals surface area contributed by atoms with Crippen LogP contribution in [-0.4, -0.2) is 37.2 Å². The average Bonchev–Trinajstić information content (AvgIpc) is 3.41. The molecule has 6 heteroatoms. The Morgan fingerprint density at radius 2 is 0.547 bits per heavy atom. The van der Waals surface area contributed by atoms with Gasteiger partial charge >= 0.3 is 17.9 Å². The number of allylic oxidation sites excluding steroid dienone is 22. The second-order valence-corrected chi connectivity index (χ2v) is 19.8. The fraction of sp³-hybridized carbons (Fsp3) is 0.638. The summed E-state index contributed by atoms with van der Waals surface area (Å²) in [6, 6.07) is 0. The normalized spacial score (nSPS) is 13.1. The van der Waals surface area contributed by atoms with Gasteiger partial charge in [-0.15, -0.1) is 0 Å². The molecule has 0 saturated carbocycles. The largest absolute Gasteiger partial charge is 0.462 e. The van der Waals surface area contributed by atoms with Gasteiger partial charge in [-0.2, -0.15) is 0 Å². The fourth-order valence-corrected chi connectivity index (χ4v) is 8.10. The summed E-state index contributed by atoms with van der Waals surface area (Å²) in [6.45, 7) is 6.32. The Hall–Kier alpha value is -4.45. The summed E-state index contributed by atoms with van der Waals surface area (Å²) in [7, 11) is 0. The molecule has 1 atom stereocenters. The van der Waals surface area contributed by atoms with Gasteiger partial charge < -0.3 is 14.2 Å². The molecular formula is C69H112O6. The second-order valence-electron chi connectivity index (χ2n) is 19.8. The SMILES string of the molecule is CC/C=C\C/C=C\C/C=C\C/C=C\CCCCCCCCCCCCC(=O)OCC(COC(=O)CC/C=C\C/C=C\C/C=C\C/C=C\CC)OC(=O)CCCCCCCC/C=C\C/C=C\C/C=C\CCCCCCC. The summed E-state index contributed by atoms with van der Waals surface area (Å²) < 4.78 is 16.8. The van der Waals surface area contributed by atoms with Crippen molar-refractivity contribution >= 4 is 17.9 Å². The Kier molecular flexibility index (Phi) is 58.4. The standard InChI is InChI=1S/C69H112O6/c1-4-7-10-13-16-19-22-25-27-29-31-33-34-36-37-39-41-44-47-50-53-56-59-62-68(71)74-65-66(64-73-67(70)61-58-55-52-49-46-43-24-21-18-15-12-9-6-3)75-69(72)63-60-57-54-51-48-45-42-40-38-35-32-30-28-26-23-20-17-14-11-8-5-2/h7,9-10,12,16,18-19,21,23,25-27,30-33,38,40,43,46,52,55,66H,4-6,8,11,13-15,17,20,22,24,28-29,34-37,39,41-42,44-45,47-51,53-54,56-65H2,1-3H3/b10-7-,12-9-,19-16-,21-18-,26-23-,27-25-,32-30-,33-31-,40-38-,46-43-,55-52-. The van der Waals surface area contributed by atoms with Crippen LogP contribution in [0.15, 0.2) is 134 Å². The van der Waals surface area contributed by atoms with E-state index in [0.717, 1.165) is 116 Å². The van der Waals surface area contributed by atoms with E-state index in [0.29, 0.717) is 19.3 Å². The van der Waals surface area contributed by atoms with Crippen molar-refractivity contribution in [2.24, 2.45) is 0 Å². The Balaban J connectivity index is 4.44. The van der Waals surface area contributed by atoms with E-state index in [1.165, 1.54) is 103 Å². The van der Waals surface area contributed by atoms with Gasteiger partial charge in [0.05, 0.1) is 0 Å². The van der Waals surface area contributed by atoms with Crippen molar-refractivity contribution in [3.63, 3.8) is 0 Å². The second kappa shape index (κ2) is 62.1. The van der Waals surface area contributed by atoms with E-state index >= 15 is 0 Å². The molecule has 0 saturated heterocycles. The predicted molar refractivity (Wildman–Crippen MR) is 325 cm³/mol. The lowest BCUT2D eigenvalue weighted by atomic mass is 10.1. The Labute approximate surface area is 462 Å². The molecule has 6 nitrogen and oxygen atoms in total. The van der Waals surface area contributed by atoms with E-state index < -0.39 is 6.10 Å². The van der Waals surface area contributed by atoms with Gasteiger partial charge in [-0.1, -0.05) is 257 Å². The molecule has 0 amide bonds. The van der Waals surface area contributed by atoms with Gasteiger partial charge in [0.25, 0.3) is 0 Å². The minimum absolute atomic E-state index is 0.112. The molecule has 424 valence electrons. The maximum Gasteiger partial charge on any atom is 0.306 e. The van der Waals surface area contributed by atoms with Crippen molar-refractivity contribution in [2.75, 3.05) is 13.2 Å². The first-order valence-electron chi connectivity index (χ1n) is 30.7. The van der Waals surface area contributed by atoms with E-state index in [1.54, 1.807) is 0 Å². The number of esters is 3. The topological polar surface area (TPSA) is 78.9 Å². The lowest BCUT2D eigenvalue weighted by Gasteiger charge is -2.18. The number of hydrogen-bond donors (Lipinski definition) is 0. The highest BCUT2D eigenvalue weighted by atomic mass is 16.6. The first-order valence-corrected chi connectivity index (χ1v) is 30.7. The van der Waals surface area contributed by atoms with Crippen LogP contribution >= 0.6 is 0 Å². The number of rotatable bonds is 54. The number of ether oxygens (including phenoxy) is 3. The third-order valence-electron chi connectivity index (χ3n) is 12.6. The van der Waals surface area contributed by atoms with Crippen LogP contribution in [0.3, 0.4) is 0 Å². The third kappa shape index (κ3) is 60.3. The average molecular weight is 1040 g/mol. The van der Waals surface area contributed by atoms with Crippen LogP contribution in [0.1, 0.15) is 265 Å². The molecule has 0 heterocycles. The molecule has 0 aliphatic heterocycles. The summed E-state index contributed by atoms with van der Waals surface area (Å²) in [5.41, 5.74) is 0. The lowest BCUT2D eigenvalue weighted by Crippen LogP contribution is -2.30. The zero-order valence-corrected chi connectivity index (χ0v) is 48.5. The minimum atomic E-state index is -0.821. The molecule has 0 aliphatic rings. The molecule has 75 heavy (non-hydrogen) atoms. The smallest absolute Gasteiger partial charge is 0.306 e. The van der Waals surface area contributed by atoms with Gasteiger partial charge in [-0.05, 0) is 122 Å². The molecule has 1 unspecified atom stereocenters. The summed E-state index contributed by atoms with van der Waals surface area (Å²) >= 11 is 0. The third-order valence-corrected chi connectivity index (χ3v) is 12.6. The molecule has 0 fully saturated rings.